The first kappa shape index (κ1) is 24.7. The van der Waals surface area contributed by atoms with Gasteiger partial charge < -0.3 is 19.6 Å². The molecule has 184 valence electrons. The number of ether oxygens (including phenoxy) is 1. The zero-order valence-corrected chi connectivity index (χ0v) is 20.1. The lowest BCUT2D eigenvalue weighted by molar-refractivity contribution is -0.136. The molecule has 0 radical (unpaired) electrons. The van der Waals surface area contributed by atoms with Gasteiger partial charge in [0.1, 0.15) is 11.5 Å². The summed E-state index contributed by atoms with van der Waals surface area (Å²) in [6.07, 6.45) is 0.949. The summed E-state index contributed by atoms with van der Waals surface area (Å²) in [6, 6.07) is 24.2. The van der Waals surface area contributed by atoms with Crippen LogP contribution in [0.1, 0.15) is 39.4 Å². The molecule has 0 aliphatic carbocycles. The molecule has 2 N–H and O–H groups in total. The molecule has 1 amide bonds. The minimum absolute atomic E-state index is 0.00895. The average molecular weight is 485 g/mol. The number of nitrogens with zero attached hydrogens (tertiary/aromatic N) is 1. The summed E-state index contributed by atoms with van der Waals surface area (Å²) >= 11 is 0. The predicted molar refractivity (Wildman–Crippen MR) is 136 cm³/mol. The molecule has 0 spiro atoms. The van der Waals surface area contributed by atoms with Gasteiger partial charge in [0.2, 0.25) is 5.89 Å². The maximum absolute atomic E-state index is 12.5. The molecule has 0 atom stereocenters. The van der Waals surface area contributed by atoms with Gasteiger partial charge in [0.15, 0.2) is 0 Å². The van der Waals surface area contributed by atoms with Crippen molar-refractivity contribution in [3.63, 3.8) is 0 Å². The zero-order valence-electron chi connectivity index (χ0n) is 20.1. The fourth-order valence-corrected chi connectivity index (χ4v) is 3.84. The van der Waals surface area contributed by atoms with Gasteiger partial charge in [-0.3, -0.25) is 9.59 Å². The standard InChI is InChI=1S/C29H28N2O5/c1-20-26(31-29(36-20)23-10-6-3-7-11-23)16-17-35-25-14-12-21(13-15-27(32)33)24(18-25)19-30-28(34)22-8-4-2-5-9-22/h2-12,14,18H,13,15-17,19H2,1H3,(H,30,34)(H,32,33). The van der Waals surface area contributed by atoms with Gasteiger partial charge in [-0.2, -0.15) is 0 Å². The minimum atomic E-state index is -0.868. The van der Waals surface area contributed by atoms with Crippen molar-refractivity contribution in [3.05, 3.63) is 107 Å². The molecule has 0 bridgehead atoms. The maximum Gasteiger partial charge on any atom is 0.303 e. The van der Waals surface area contributed by atoms with Gasteiger partial charge in [0.25, 0.3) is 5.91 Å². The Morgan fingerprint density at radius 3 is 2.39 bits per heavy atom. The quantitative estimate of drug-likeness (QED) is 0.303. The number of carbonyl (C=O) groups is 2. The van der Waals surface area contributed by atoms with Gasteiger partial charge in [-0.05, 0) is 60.9 Å². The van der Waals surface area contributed by atoms with Crippen molar-refractivity contribution in [2.75, 3.05) is 6.61 Å². The number of carbonyl (C=O) groups excluding carboxylic acids is 1. The molecule has 4 aromatic rings. The van der Waals surface area contributed by atoms with E-state index in [1.165, 1.54) is 0 Å². The number of hydrogen-bond acceptors (Lipinski definition) is 5. The smallest absolute Gasteiger partial charge is 0.303 e. The predicted octanol–water partition coefficient (Wildman–Crippen LogP) is 5.22. The van der Waals surface area contributed by atoms with Crippen LogP contribution in [0.25, 0.3) is 11.5 Å². The highest BCUT2D eigenvalue weighted by atomic mass is 16.5. The number of carboxylic acids is 1. The van der Waals surface area contributed by atoms with E-state index in [2.05, 4.69) is 10.3 Å². The lowest BCUT2D eigenvalue weighted by Gasteiger charge is -2.13. The fourth-order valence-electron chi connectivity index (χ4n) is 3.84. The second-order valence-corrected chi connectivity index (χ2v) is 8.36. The Morgan fingerprint density at radius 1 is 0.944 bits per heavy atom. The van der Waals surface area contributed by atoms with E-state index in [1.807, 2.05) is 61.5 Å². The summed E-state index contributed by atoms with van der Waals surface area (Å²) in [6.45, 7) is 2.55. The van der Waals surface area contributed by atoms with Gasteiger partial charge in [-0.1, -0.05) is 42.5 Å². The van der Waals surface area contributed by atoms with Crippen LogP contribution >= 0.6 is 0 Å². The Balaban J connectivity index is 1.41. The van der Waals surface area contributed by atoms with Crippen molar-refractivity contribution in [1.29, 1.82) is 0 Å². The third-order valence-corrected chi connectivity index (χ3v) is 5.78. The lowest BCUT2D eigenvalue weighted by atomic mass is 10.0. The maximum atomic E-state index is 12.5. The number of nitrogens with one attached hydrogen (secondary N) is 1. The number of aliphatic carboxylic acids is 1. The second kappa shape index (κ2) is 11.8. The van der Waals surface area contributed by atoms with Gasteiger partial charge in [0.05, 0.1) is 12.3 Å². The Hall–Kier alpha value is -4.39. The third-order valence-electron chi connectivity index (χ3n) is 5.78. The molecular formula is C29H28N2O5. The highest BCUT2D eigenvalue weighted by molar-refractivity contribution is 5.94. The van der Waals surface area contributed by atoms with Crippen LogP contribution in [0.2, 0.25) is 0 Å². The van der Waals surface area contributed by atoms with E-state index < -0.39 is 5.97 Å². The van der Waals surface area contributed by atoms with Crippen molar-refractivity contribution >= 4 is 11.9 Å². The van der Waals surface area contributed by atoms with Gasteiger partial charge >= 0.3 is 5.97 Å². The normalized spacial score (nSPS) is 10.7. The summed E-state index contributed by atoms with van der Waals surface area (Å²) in [5.41, 5.74) is 4.00. The number of aromatic nitrogens is 1. The number of rotatable bonds is 11. The summed E-state index contributed by atoms with van der Waals surface area (Å²) in [5.74, 6) is 0.921. The first-order chi connectivity index (χ1) is 17.5. The molecule has 7 nitrogen and oxygen atoms in total. The van der Waals surface area contributed by atoms with Crippen LogP contribution in [0.15, 0.2) is 83.3 Å². The van der Waals surface area contributed by atoms with E-state index in [9.17, 15) is 9.59 Å². The Morgan fingerprint density at radius 2 is 1.67 bits per heavy atom. The van der Waals surface area contributed by atoms with E-state index in [1.54, 1.807) is 24.3 Å². The molecule has 4 rings (SSSR count). The Labute approximate surface area is 209 Å². The van der Waals surface area contributed by atoms with Crippen molar-refractivity contribution in [1.82, 2.24) is 10.3 Å². The van der Waals surface area contributed by atoms with Crippen LogP contribution in [0.5, 0.6) is 5.75 Å². The van der Waals surface area contributed by atoms with Gasteiger partial charge in [0, 0.05) is 30.5 Å². The van der Waals surface area contributed by atoms with E-state index in [0.29, 0.717) is 36.7 Å². The lowest BCUT2D eigenvalue weighted by Crippen LogP contribution is -2.23. The summed E-state index contributed by atoms with van der Waals surface area (Å²) in [7, 11) is 0. The molecule has 1 aromatic heterocycles. The number of hydrogen-bond donors (Lipinski definition) is 2. The highest BCUT2D eigenvalue weighted by Gasteiger charge is 2.13. The monoisotopic (exact) mass is 484 g/mol. The van der Waals surface area contributed by atoms with Crippen LogP contribution in [0.3, 0.4) is 0 Å². The summed E-state index contributed by atoms with van der Waals surface area (Å²) in [4.78, 5) is 28.2. The first-order valence-electron chi connectivity index (χ1n) is 11.8. The van der Waals surface area contributed by atoms with Crippen molar-refractivity contribution in [2.24, 2.45) is 0 Å². The molecule has 1 heterocycles. The highest BCUT2D eigenvalue weighted by Crippen LogP contribution is 2.23. The van der Waals surface area contributed by atoms with Crippen LogP contribution in [0.4, 0.5) is 0 Å². The van der Waals surface area contributed by atoms with Crippen LogP contribution in [-0.4, -0.2) is 28.6 Å². The molecule has 0 saturated heterocycles. The van der Waals surface area contributed by atoms with Crippen LogP contribution in [0, 0.1) is 6.92 Å². The van der Waals surface area contributed by atoms with E-state index in [-0.39, 0.29) is 18.9 Å². The average Bonchev–Trinajstić information content (AvgIpc) is 3.27. The number of carboxylic acid groups (broad SMARTS) is 1. The molecule has 36 heavy (non-hydrogen) atoms. The fraction of sp³-hybridized carbons (Fsp3) is 0.207. The molecule has 0 unspecified atom stereocenters. The van der Waals surface area contributed by atoms with Crippen LogP contribution in [-0.2, 0) is 24.2 Å². The van der Waals surface area contributed by atoms with Crippen molar-refractivity contribution in [3.8, 4) is 17.2 Å². The number of benzene rings is 3. The second-order valence-electron chi connectivity index (χ2n) is 8.36. The van der Waals surface area contributed by atoms with Gasteiger partial charge in [-0.25, -0.2) is 4.98 Å². The molecule has 0 saturated carbocycles. The summed E-state index contributed by atoms with van der Waals surface area (Å²) in [5, 5.41) is 12.0. The van der Waals surface area contributed by atoms with Crippen molar-refractivity contribution in [2.45, 2.75) is 32.7 Å². The van der Waals surface area contributed by atoms with E-state index >= 15 is 0 Å². The SMILES string of the molecule is Cc1oc(-c2ccccc2)nc1CCOc1ccc(CCC(=O)O)c(CNC(=O)c2ccccc2)c1. The molecule has 3 aromatic carbocycles. The molecule has 7 heteroatoms. The number of aryl methyl sites for hydroxylation is 2. The molecule has 0 fully saturated rings. The minimum Gasteiger partial charge on any atom is -0.493 e. The molecular weight excluding hydrogens is 456 g/mol. The first-order valence-corrected chi connectivity index (χ1v) is 11.8. The van der Waals surface area contributed by atoms with Crippen LogP contribution < -0.4 is 10.1 Å². The van der Waals surface area contributed by atoms with Gasteiger partial charge in [-0.15, -0.1) is 0 Å². The summed E-state index contributed by atoms with van der Waals surface area (Å²) < 4.78 is 11.8. The van der Waals surface area contributed by atoms with E-state index in [0.717, 1.165) is 28.1 Å². The third kappa shape index (κ3) is 6.60. The zero-order chi connectivity index (χ0) is 25.3. The number of oxazole rings is 1. The van der Waals surface area contributed by atoms with E-state index in [4.69, 9.17) is 14.3 Å². The molecule has 0 aliphatic heterocycles. The molecule has 0 aliphatic rings. The Bertz CT molecular complexity index is 1320. The topological polar surface area (TPSA) is 102 Å². The van der Waals surface area contributed by atoms with Crippen molar-refractivity contribution < 1.29 is 23.8 Å². The Kier molecular flexibility index (Phi) is 8.13. The number of amides is 1. The largest absolute Gasteiger partial charge is 0.493 e.